The van der Waals surface area contributed by atoms with Gasteiger partial charge in [0.05, 0.1) is 11.1 Å². The summed E-state index contributed by atoms with van der Waals surface area (Å²) >= 11 is 0. The van der Waals surface area contributed by atoms with Gasteiger partial charge in [0.15, 0.2) is 5.84 Å². The van der Waals surface area contributed by atoms with Crippen molar-refractivity contribution in [2.75, 3.05) is 0 Å². The van der Waals surface area contributed by atoms with Gasteiger partial charge >= 0.3 is 0 Å². The highest BCUT2D eigenvalue weighted by Crippen LogP contribution is 2.45. The van der Waals surface area contributed by atoms with Gasteiger partial charge in [0.2, 0.25) is 0 Å². The van der Waals surface area contributed by atoms with Gasteiger partial charge in [-0.3, -0.25) is 0 Å². The Labute approximate surface area is 295 Å². The highest BCUT2D eigenvalue weighted by Gasteiger charge is 2.38. The van der Waals surface area contributed by atoms with E-state index in [1.165, 1.54) is 22.3 Å². The molecule has 2 heteroatoms. The number of nitrogens with zero attached hydrogens (tertiary/aromatic N) is 2. The van der Waals surface area contributed by atoms with Gasteiger partial charge in [0.25, 0.3) is 0 Å². The predicted octanol–water partition coefficient (Wildman–Crippen LogP) is 11.7. The van der Waals surface area contributed by atoms with E-state index in [1.807, 2.05) is 55.5 Å². The fourth-order valence-electron chi connectivity index (χ4n) is 6.67. The van der Waals surface area contributed by atoms with Crippen molar-refractivity contribution in [1.82, 2.24) is 0 Å². The van der Waals surface area contributed by atoms with E-state index in [1.54, 1.807) is 0 Å². The average Bonchev–Trinajstić information content (AvgIpc) is 3.20. The molecule has 0 heterocycles. The number of benzene rings is 7. The molecule has 50 heavy (non-hydrogen) atoms. The van der Waals surface area contributed by atoms with Crippen LogP contribution in [-0.4, -0.2) is 11.5 Å². The summed E-state index contributed by atoms with van der Waals surface area (Å²) in [6, 6.07) is 70.2. The molecule has 0 aliphatic rings. The first-order valence-corrected chi connectivity index (χ1v) is 16.9. The molecule has 7 aromatic rings. The number of rotatable bonds is 9. The van der Waals surface area contributed by atoms with Crippen molar-refractivity contribution in [2.24, 2.45) is 9.98 Å². The van der Waals surface area contributed by atoms with E-state index in [-0.39, 0.29) is 0 Å². The maximum atomic E-state index is 5.02. The summed E-state index contributed by atoms with van der Waals surface area (Å²) in [6.45, 7) is 6.29. The quantitative estimate of drug-likeness (QED) is 0.0850. The van der Waals surface area contributed by atoms with E-state index in [9.17, 15) is 0 Å². The van der Waals surface area contributed by atoms with E-state index in [0.29, 0.717) is 11.5 Å². The third-order valence-corrected chi connectivity index (χ3v) is 9.23. The number of aliphatic imine (C=N–C) groups is 2. The molecule has 0 N–H and O–H groups in total. The molecule has 7 aromatic carbocycles. The van der Waals surface area contributed by atoms with Crippen LogP contribution in [0.5, 0.6) is 0 Å². The van der Waals surface area contributed by atoms with Crippen molar-refractivity contribution < 1.29 is 0 Å². The zero-order valence-electron chi connectivity index (χ0n) is 28.2. The van der Waals surface area contributed by atoms with Crippen LogP contribution in [0.4, 0.5) is 0 Å². The molecule has 0 atom stereocenters. The van der Waals surface area contributed by atoms with Crippen LogP contribution in [0, 0.1) is 0 Å². The maximum Gasteiger partial charge on any atom is 0.160 e. The van der Waals surface area contributed by atoms with E-state index in [0.717, 1.165) is 33.5 Å². The lowest BCUT2D eigenvalue weighted by Crippen LogP contribution is -2.30. The fourth-order valence-corrected chi connectivity index (χ4v) is 6.67. The van der Waals surface area contributed by atoms with Crippen LogP contribution < -0.4 is 0 Å². The second-order valence-corrected chi connectivity index (χ2v) is 12.3. The first-order chi connectivity index (χ1) is 24.6. The number of amidine groups is 1. The van der Waals surface area contributed by atoms with Gasteiger partial charge in [-0.25, -0.2) is 9.98 Å². The Bertz CT molecular complexity index is 2120. The Balaban J connectivity index is 1.27. The van der Waals surface area contributed by atoms with E-state index >= 15 is 0 Å². The molecule has 0 spiro atoms. The van der Waals surface area contributed by atoms with Crippen molar-refractivity contribution in [3.63, 3.8) is 0 Å². The average molecular weight is 643 g/mol. The minimum absolute atomic E-state index is 0.479. The number of hydrogen-bond donors (Lipinski definition) is 0. The highest BCUT2D eigenvalue weighted by atomic mass is 14.9. The molecule has 0 unspecified atom stereocenters. The summed E-state index contributed by atoms with van der Waals surface area (Å²) in [5.41, 5.74) is 11.2. The molecule has 240 valence electrons. The minimum atomic E-state index is -0.479. The molecule has 0 aliphatic heterocycles. The minimum Gasteiger partial charge on any atom is -0.233 e. The van der Waals surface area contributed by atoms with Crippen molar-refractivity contribution in [3.05, 3.63) is 246 Å². The standard InChI is InChI=1S/C48H38N2/c1-36(38-18-8-3-9-19-38)49-47(50-37(2)39-20-10-4-11-21-39)42-30-28-40(29-31-42)41-32-34-46(35-33-41)48(43-22-12-5-13-23-43,44-24-14-6-15-25-44)45-26-16-7-17-27-45/h3-35H,1H2,2H3. The molecule has 2 nitrogen and oxygen atoms in total. The summed E-state index contributed by atoms with van der Waals surface area (Å²) in [6.07, 6.45) is 0. The Morgan fingerprint density at radius 2 is 0.740 bits per heavy atom. The summed E-state index contributed by atoms with van der Waals surface area (Å²) < 4.78 is 0. The lowest BCUT2D eigenvalue weighted by molar-refractivity contribution is 0.745. The van der Waals surface area contributed by atoms with Gasteiger partial charge in [-0.15, -0.1) is 0 Å². The van der Waals surface area contributed by atoms with E-state index in [2.05, 4.69) is 158 Å². The third kappa shape index (κ3) is 6.65. The largest absolute Gasteiger partial charge is 0.233 e. The van der Waals surface area contributed by atoms with Gasteiger partial charge < -0.3 is 0 Å². The van der Waals surface area contributed by atoms with Crippen molar-refractivity contribution >= 4 is 17.2 Å². The van der Waals surface area contributed by atoms with Gasteiger partial charge in [-0.2, -0.15) is 0 Å². The molecule has 0 saturated carbocycles. The molecule has 0 amide bonds. The van der Waals surface area contributed by atoms with Crippen LogP contribution in [0.15, 0.2) is 217 Å². The Morgan fingerprint density at radius 1 is 0.380 bits per heavy atom. The molecule has 0 aliphatic carbocycles. The van der Waals surface area contributed by atoms with Gasteiger partial charge in [0.1, 0.15) is 0 Å². The molecule has 0 bridgehead atoms. The van der Waals surface area contributed by atoms with Gasteiger partial charge in [-0.05, 0) is 51.4 Å². The Morgan fingerprint density at radius 3 is 1.18 bits per heavy atom. The molecular weight excluding hydrogens is 605 g/mol. The third-order valence-electron chi connectivity index (χ3n) is 9.23. The van der Waals surface area contributed by atoms with Gasteiger partial charge in [-0.1, -0.05) is 207 Å². The normalized spacial score (nSPS) is 12.0. The Hall–Kier alpha value is -6.38. The zero-order valence-corrected chi connectivity index (χ0v) is 28.2. The molecular formula is C48H38N2. The Kier molecular flexibility index (Phi) is 9.53. The van der Waals surface area contributed by atoms with E-state index in [4.69, 9.17) is 9.98 Å². The molecule has 0 aromatic heterocycles. The number of hydrogen-bond acceptors (Lipinski definition) is 1. The van der Waals surface area contributed by atoms with Crippen molar-refractivity contribution in [3.8, 4) is 11.1 Å². The van der Waals surface area contributed by atoms with Crippen LogP contribution >= 0.6 is 0 Å². The van der Waals surface area contributed by atoms with Crippen molar-refractivity contribution in [1.29, 1.82) is 0 Å². The van der Waals surface area contributed by atoms with Crippen LogP contribution in [-0.2, 0) is 5.41 Å². The lowest BCUT2D eigenvalue weighted by Gasteiger charge is -2.37. The monoisotopic (exact) mass is 642 g/mol. The first-order valence-electron chi connectivity index (χ1n) is 16.9. The van der Waals surface area contributed by atoms with Crippen LogP contribution in [0.25, 0.3) is 16.8 Å². The van der Waals surface area contributed by atoms with E-state index < -0.39 is 5.41 Å². The van der Waals surface area contributed by atoms with Crippen molar-refractivity contribution in [2.45, 2.75) is 12.3 Å². The summed E-state index contributed by atoms with van der Waals surface area (Å²) in [5, 5.41) is 0. The summed E-state index contributed by atoms with van der Waals surface area (Å²) in [4.78, 5) is 9.96. The fraction of sp³-hybridized carbons (Fsp3) is 0.0417. The lowest BCUT2D eigenvalue weighted by atomic mass is 9.65. The second-order valence-electron chi connectivity index (χ2n) is 12.3. The predicted molar refractivity (Wildman–Crippen MR) is 211 cm³/mol. The zero-order chi connectivity index (χ0) is 34.2. The molecule has 0 saturated heterocycles. The van der Waals surface area contributed by atoms with Crippen LogP contribution in [0.1, 0.15) is 45.9 Å². The maximum absolute atomic E-state index is 5.02. The topological polar surface area (TPSA) is 24.7 Å². The second kappa shape index (κ2) is 14.8. The molecule has 7 rings (SSSR count). The summed E-state index contributed by atoms with van der Waals surface area (Å²) in [7, 11) is 0. The summed E-state index contributed by atoms with van der Waals surface area (Å²) in [5.74, 6) is 0.625. The SMILES string of the molecule is C=C(N=C(N=C(C)c1ccccc1)c1ccc(-c2ccc(C(c3ccccc3)(c3ccccc3)c3ccccc3)cc2)cc1)c1ccccc1. The molecule has 0 radical (unpaired) electrons. The first kappa shape index (κ1) is 32.2. The highest BCUT2D eigenvalue weighted by molar-refractivity contribution is 6.12. The molecule has 0 fully saturated rings. The van der Waals surface area contributed by atoms with Crippen LogP contribution in [0.3, 0.4) is 0 Å². The van der Waals surface area contributed by atoms with Crippen LogP contribution in [0.2, 0.25) is 0 Å². The van der Waals surface area contributed by atoms with Gasteiger partial charge in [0, 0.05) is 11.3 Å². The smallest absolute Gasteiger partial charge is 0.160 e.